The second-order valence-electron chi connectivity index (χ2n) is 6.37. The molecule has 7 nitrogen and oxygen atoms in total. The summed E-state index contributed by atoms with van der Waals surface area (Å²) in [6.07, 6.45) is 1.30. The molecule has 2 saturated heterocycles. The Morgan fingerprint density at radius 2 is 1.76 bits per heavy atom. The smallest absolute Gasteiger partial charge is 0.325 e. The minimum Gasteiger partial charge on any atom is -0.480 e. The zero-order chi connectivity index (χ0) is 15.7. The van der Waals surface area contributed by atoms with E-state index in [0.29, 0.717) is 13.1 Å². The maximum absolute atomic E-state index is 12.6. The second kappa shape index (κ2) is 6.20. The van der Waals surface area contributed by atoms with E-state index >= 15 is 0 Å². The SMILES string of the molecule is CC1CC(C)CN(S(=O)(=O)NC2(C(=O)O)CCOCC2)C1. The van der Waals surface area contributed by atoms with E-state index in [1.165, 1.54) is 4.31 Å². The van der Waals surface area contributed by atoms with Gasteiger partial charge in [-0.3, -0.25) is 4.79 Å². The molecule has 0 aromatic heterocycles. The zero-order valence-electron chi connectivity index (χ0n) is 12.5. The normalized spacial score (nSPS) is 31.0. The molecule has 0 amide bonds. The molecule has 0 aromatic rings. The molecule has 2 heterocycles. The van der Waals surface area contributed by atoms with Gasteiger partial charge in [-0.1, -0.05) is 13.8 Å². The summed E-state index contributed by atoms with van der Waals surface area (Å²) in [7, 11) is -3.81. The first-order chi connectivity index (χ1) is 9.75. The van der Waals surface area contributed by atoms with Crippen LogP contribution in [0, 0.1) is 11.8 Å². The third-order valence-electron chi connectivity index (χ3n) is 4.26. The molecule has 2 atom stereocenters. The molecule has 21 heavy (non-hydrogen) atoms. The molecular formula is C13H24N2O5S. The molecule has 8 heteroatoms. The Kier molecular flexibility index (Phi) is 4.92. The maximum Gasteiger partial charge on any atom is 0.325 e. The molecule has 0 bridgehead atoms. The molecular weight excluding hydrogens is 296 g/mol. The first-order valence-electron chi connectivity index (χ1n) is 7.35. The van der Waals surface area contributed by atoms with E-state index in [2.05, 4.69) is 4.72 Å². The Labute approximate surface area is 125 Å². The fraction of sp³-hybridized carbons (Fsp3) is 0.923. The van der Waals surface area contributed by atoms with Crippen LogP contribution in [0.15, 0.2) is 0 Å². The Hall–Kier alpha value is -0.700. The van der Waals surface area contributed by atoms with Gasteiger partial charge >= 0.3 is 5.97 Å². The summed E-state index contributed by atoms with van der Waals surface area (Å²) in [4.78, 5) is 11.6. The van der Waals surface area contributed by atoms with E-state index in [1.807, 2.05) is 13.8 Å². The highest BCUT2D eigenvalue weighted by molar-refractivity contribution is 7.87. The predicted molar refractivity (Wildman–Crippen MR) is 77.0 cm³/mol. The standard InChI is InChI=1S/C13H24N2O5S/c1-10-7-11(2)9-15(8-10)21(18,19)14-13(12(16)17)3-5-20-6-4-13/h10-11,14H,3-9H2,1-2H3,(H,16,17). The molecule has 2 rings (SSSR count). The number of carboxylic acid groups (broad SMARTS) is 1. The second-order valence-corrected chi connectivity index (χ2v) is 8.04. The van der Waals surface area contributed by atoms with Crippen LogP contribution in [-0.4, -0.2) is 55.6 Å². The number of piperidine rings is 1. The number of nitrogens with one attached hydrogen (secondary N) is 1. The quantitative estimate of drug-likeness (QED) is 0.783. The Balaban J connectivity index is 2.16. The summed E-state index contributed by atoms with van der Waals surface area (Å²) >= 11 is 0. The van der Waals surface area contributed by atoms with Gasteiger partial charge in [0.2, 0.25) is 0 Å². The zero-order valence-corrected chi connectivity index (χ0v) is 13.4. The summed E-state index contributed by atoms with van der Waals surface area (Å²) in [5.41, 5.74) is -1.44. The summed E-state index contributed by atoms with van der Waals surface area (Å²) in [5.74, 6) is -0.575. The largest absolute Gasteiger partial charge is 0.480 e. The van der Waals surface area contributed by atoms with Crippen molar-refractivity contribution in [3.05, 3.63) is 0 Å². The Morgan fingerprint density at radius 3 is 2.24 bits per heavy atom. The first-order valence-corrected chi connectivity index (χ1v) is 8.79. The van der Waals surface area contributed by atoms with Gasteiger partial charge in [0.15, 0.2) is 0 Å². The van der Waals surface area contributed by atoms with Crippen LogP contribution in [0.5, 0.6) is 0 Å². The van der Waals surface area contributed by atoms with Crippen LogP contribution in [-0.2, 0) is 19.7 Å². The number of hydrogen-bond acceptors (Lipinski definition) is 4. The van der Waals surface area contributed by atoms with Crippen molar-refractivity contribution in [2.75, 3.05) is 26.3 Å². The number of ether oxygens (including phenoxy) is 1. The van der Waals surface area contributed by atoms with Crippen LogP contribution in [0.1, 0.15) is 33.1 Å². The number of nitrogens with zero attached hydrogens (tertiary/aromatic N) is 1. The van der Waals surface area contributed by atoms with Gasteiger partial charge in [0.25, 0.3) is 10.2 Å². The van der Waals surface area contributed by atoms with Crippen molar-refractivity contribution < 1.29 is 23.1 Å². The van der Waals surface area contributed by atoms with Crippen molar-refractivity contribution >= 4 is 16.2 Å². The van der Waals surface area contributed by atoms with Gasteiger partial charge in [-0.2, -0.15) is 17.4 Å². The predicted octanol–water partition coefficient (Wildman–Crippen LogP) is 0.433. The third-order valence-corrected chi connectivity index (χ3v) is 5.88. The maximum atomic E-state index is 12.6. The summed E-state index contributed by atoms with van der Waals surface area (Å²) in [6, 6.07) is 0. The van der Waals surface area contributed by atoms with E-state index in [4.69, 9.17) is 4.74 Å². The number of carbonyl (C=O) groups is 1. The van der Waals surface area contributed by atoms with E-state index in [1.54, 1.807) is 0 Å². The van der Waals surface area contributed by atoms with Crippen LogP contribution in [0.3, 0.4) is 0 Å². The summed E-state index contributed by atoms with van der Waals surface area (Å²) in [5, 5.41) is 9.45. The molecule has 2 unspecified atom stereocenters. The fourth-order valence-corrected chi connectivity index (χ4v) is 5.01. The van der Waals surface area contributed by atoms with Crippen LogP contribution in [0.4, 0.5) is 0 Å². The summed E-state index contributed by atoms with van der Waals surface area (Å²) < 4.78 is 34.1. The fourth-order valence-electron chi connectivity index (χ4n) is 3.19. The van der Waals surface area contributed by atoms with E-state index < -0.39 is 21.7 Å². The lowest BCUT2D eigenvalue weighted by atomic mass is 9.92. The number of hydrogen-bond donors (Lipinski definition) is 2. The molecule has 2 aliphatic rings. The molecule has 0 radical (unpaired) electrons. The minimum atomic E-state index is -3.81. The third kappa shape index (κ3) is 3.74. The van der Waals surface area contributed by atoms with Gasteiger partial charge in [-0.05, 0) is 18.3 Å². The van der Waals surface area contributed by atoms with Gasteiger partial charge in [-0.25, -0.2) is 0 Å². The monoisotopic (exact) mass is 320 g/mol. The van der Waals surface area contributed by atoms with Crippen molar-refractivity contribution in [1.82, 2.24) is 9.03 Å². The van der Waals surface area contributed by atoms with Crippen LogP contribution < -0.4 is 4.72 Å². The van der Waals surface area contributed by atoms with Crippen molar-refractivity contribution in [3.8, 4) is 0 Å². The van der Waals surface area contributed by atoms with Crippen LogP contribution in [0.25, 0.3) is 0 Å². The molecule has 2 N–H and O–H groups in total. The first kappa shape index (κ1) is 16.7. The van der Waals surface area contributed by atoms with Crippen molar-refractivity contribution in [1.29, 1.82) is 0 Å². The van der Waals surface area contributed by atoms with Crippen LogP contribution in [0.2, 0.25) is 0 Å². The van der Waals surface area contributed by atoms with E-state index in [-0.39, 0.29) is 37.9 Å². The van der Waals surface area contributed by atoms with Crippen molar-refractivity contribution in [3.63, 3.8) is 0 Å². The summed E-state index contributed by atoms with van der Waals surface area (Å²) in [6.45, 7) is 5.40. The highest BCUT2D eigenvalue weighted by Crippen LogP contribution is 2.26. The lowest BCUT2D eigenvalue weighted by molar-refractivity contribution is -0.148. The Morgan fingerprint density at radius 1 is 1.24 bits per heavy atom. The lowest BCUT2D eigenvalue weighted by Crippen LogP contribution is -2.61. The number of carboxylic acids is 1. The molecule has 0 saturated carbocycles. The highest BCUT2D eigenvalue weighted by atomic mass is 32.2. The average molecular weight is 320 g/mol. The van der Waals surface area contributed by atoms with E-state index in [9.17, 15) is 18.3 Å². The molecule has 2 fully saturated rings. The molecule has 0 aliphatic carbocycles. The van der Waals surface area contributed by atoms with Gasteiger partial charge in [-0.15, -0.1) is 0 Å². The average Bonchev–Trinajstić information content (AvgIpc) is 2.38. The minimum absolute atomic E-state index is 0.153. The topological polar surface area (TPSA) is 95.9 Å². The van der Waals surface area contributed by atoms with E-state index in [0.717, 1.165) is 6.42 Å². The number of aliphatic carboxylic acids is 1. The van der Waals surface area contributed by atoms with Gasteiger partial charge in [0.05, 0.1) is 0 Å². The molecule has 0 spiro atoms. The molecule has 122 valence electrons. The highest BCUT2D eigenvalue weighted by Gasteiger charge is 2.45. The van der Waals surface area contributed by atoms with Crippen LogP contribution >= 0.6 is 0 Å². The Bertz CT molecular complexity index is 477. The lowest BCUT2D eigenvalue weighted by Gasteiger charge is -2.38. The number of rotatable bonds is 4. The van der Waals surface area contributed by atoms with Gasteiger partial charge in [0, 0.05) is 39.1 Å². The van der Waals surface area contributed by atoms with Crippen molar-refractivity contribution in [2.45, 2.75) is 38.6 Å². The van der Waals surface area contributed by atoms with Crippen molar-refractivity contribution in [2.24, 2.45) is 11.8 Å². The van der Waals surface area contributed by atoms with Gasteiger partial charge in [0.1, 0.15) is 5.54 Å². The van der Waals surface area contributed by atoms with Gasteiger partial charge < -0.3 is 9.84 Å². The molecule has 2 aliphatic heterocycles. The molecule has 0 aromatic carbocycles.